The van der Waals surface area contributed by atoms with E-state index in [-0.39, 0.29) is 41.7 Å². The SMILES string of the molecule is CCNC(=NCCCC(=O)N1CCc2ccccc21)NC(C)c1ccc(OC)c(F)c1.I. The summed E-state index contributed by atoms with van der Waals surface area (Å²) in [5.74, 6) is 0.616. The first-order chi connectivity index (χ1) is 15.0. The second-order valence-corrected chi connectivity index (χ2v) is 7.55. The zero-order chi connectivity index (χ0) is 22.2. The van der Waals surface area contributed by atoms with Gasteiger partial charge in [-0.15, -0.1) is 24.0 Å². The maximum Gasteiger partial charge on any atom is 0.227 e. The predicted molar refractivity (Wildman–Crippen MR) is 138 cm³/mol. The van der Waals surface area contributed by atoms with E-state index in [2.05, 4.69) is 21.7 Å². The average molecular weight is 554 g/mol. The number of anilines is 1. The summed E-state index contributed by atoms with van der Waals surface area (Å²) in [4.78, 5) is 19.1. The van der Waals surface area contributed by atoms with Gasteiger partial charge in [0.2, 0.25) is 5.91 Å². The van der Waals surface area contributed by atoms with E-state index in [4.69, 9.17) is 4.74 Å². The van der Waals surface area contributed by atoms with Gasteiger partial charge in [-0.3, -0.25) is 9.79 Å². The minimum Gasteiger partial charge on any atom is -0.494 e. The highest BCUT2D eigenvalue weighted by Crippen LogP contribution is 2.28. The van der Waals surface area contributed by atoms with Crippen molar-refractivity contribution in [3.8, 4) is 5.75 Å². The van der Waals surface area contributed by atoms with E-state index in [9.17, 15) is 9.18 Å². The third-order valence-electron chi connectivity index (χ3n) is 5.38. The van der Waals surface area contributed by atoms with Gasteiger partial charge in [-0.05, 0) is 56.0 Å². The molecular formula is C24H32FIN4O2. The molecule has 0 aromatic heterocycles. The van der Waals surface area contributed by atoms with Gasteiger partial charge in [0.05, 0.1) is 13.2 Å². The maximum absolute atomic E-state index is 14.0. The van der Waals surface area contributed by atoms with Crippen LogP contribution in [0, 0.1) is 5.82 Å². The van der Waals surface area contributed by atoms with Crippen molar-refractivity contribution in [2.75, 3.05) is 31.6 Å². The van der Waals surface area contributed by atoms with E-state index < -0.39 is 5.82 Å². The van der Waals surface area contributed by atoms with E-state index >= 15 is 0 Å². The standard InChI is InChI=1S/C24H31FN4O2.HI/c1-4-26-24(28-17(2)19-11-12-22(31-3)20(25)16-19)27-14-7-10-23(30)29-15-13-18-8-5-6-9-21(18)29;/h5-6,8-9,11-12,16-17H,4,7,10,13-15H2,1-3H3,(H2,26,27,28);1H. The lowest BCUT2D eigenvalue weighted by molar-refractivity contribution is -0.118. The van der Waals surface area contributed by atoms with E-state index in [0.29, 0.717) is 31.9 Å². The Bertz CT molecular complexity index is 938. The van der Waals surface area contributed by atoms with Gasteiger partial charge in [0.1, 0.15) is 0 Å². The van der Waals surface area contributed by atoms with Crippen LogP contribution in [-0.2, 0) is 11.2 Å². The van der Waals surface area contributed by atoms with Gasteiger partial charge >= 0.3 is 0 Å². The topological polar surface area (TPSA) is 66.0 Å². The van der Waals surface area contributed by atoms with Crippen molar-refractivity contribution in [1.82, 2.24) is 10.6 Å². The van der Waals surface area contributed by atoms with Crippen LogP contribution in [0.25, 0.3) is 0 Å². The van der Waals surface area contributed by atoms with Crippen LogP contribution in [0.1, 0.15) is 43.9 Å². The molecule has 0 saturated carbocycles. The molecule has 1 atom stereocenters. The van der Waals surface area contributed by atoms with Gasteiger partial charge in [-0.1, -0.05) is 24.3 Å². The van der Waals surface area contributed by atoms with Gasteiger partial charge in [-0.25, -0.2) is 4.39 Å². The number of guanidine groups is 1. The van der Waals surface area contributed by atoms with Crippen molar-refractivity contribution >= 4 is 41.5 Å². The normalized spacial score (nSPS) is 13.8. The molecule has 2 aromatic rings. The third-order valence-corrected chi connectivity index (χ3v) is 5.38. The molecule has 0 bridgehead atoms. The van der Waals surface area contributed by atoms with Crippen molar-refractivity contribution in [1.29, 1.82) is 0 Å². The van der Waals surface area contributed by atoms with Crippen molar-refractivity contribution < 1.29 is 13.9 Å². The zero-order valence-electron chi connectivity index (χ0n) is 18.9. The highest BCUT2D eigenvalue weighted by molar-refractivity contribution is 14.0. The Hall–Kier alpha value is -2.36. The first-order valence-electron chi connectivity index (χ1n) is 10.8. The molecule has 1 heterocycles. The lowest BCUT2D eigenvalue weighted by atomic mass is 10.1. The molecule has 0 spiro atoms. The van der Waals surface area contributed by atoms with Gasteiger partial charge in [0.15, 0.2) is 17.5 Å². The van der Waals surface area contributed by atoms with Crippen LogP contribution < -0.4 is 20.3 Å². The molecule has 3 rings (SSSR count). The fourth-order valence-corrected chi connectivity index (χ4v) is 3.71. The van der Waals surface area contributed by atoms with Crippen LogP contribution in [0.15, 0.2) is 47.5 Å². The zero-order valence-corrected chi connectivity index (χ0v) is 21.2. The molecule has 0 saturated heterocycles. The highest BCUT2D eigenvalue weighted by atomic mass is 127. The molecular weight excluding hydrogens is 522 g/mol. The molecule has 2 N–H and O–H groups in total. The van der Waals surface area contributed by atoms with Crippen molar-refractivity contribution in [3.63, 3.8) is 0 Å². The maximum atomic E-state index is 14.0. The third kappa shape index (κ3) is 6.57. The van der Waals surface area contributed by atoms with E-state index in [0.717, 1.165) is 24.2 Å². The smallest absolute Gasteiger partial charge is 0.227 e. The van der Waals surface area contributed by atoms with Crippen LogP contribution in [0.5, 0.6) is 5.75 Å². The number of nitrogens with one attached hydrogen (secondary N) is 2. The number of amides is 1. The Morgan fingerprint density at radius 1 is 1.28 bits per heavy atom. The summed E-state index contributed by atoms with van der Waals surface area (Å²) >= 11 is 0. The number of rotatable bonds is 8. The number of fused-ring (bicyclic) bond motifs is 1. The number of para-hydroxylation sites is 1. The van der Waals surface area contributed by atoms with E-state index in [1.165, 1.54) is 18.7 Å². The predicted octanol–water partition coefficient (Wildman–Crippen LogP) is 4.44. The van der Waals surface area contributed by atoms with Crippen LogP contribution in [0.3, 0.4) is 0 Å². The number of hydrogen-bond acceptors (Lipinski definition) is 3. The summed E-state index contributed by atoms with van der Waals surface area (Å²) in [5, 5.41) is 6.49. The molecule has 1 aliphatic rings. The second kappa shape index (κ2) is 12.6. The fourth-order valence-electron chi connectivity index (χ4n) is 3.71. The van der Waals surface area contributed by atoms with Crippen molar-refractivity contribution in [2.45, 2.75) is 39.2 Å². The second-order valence-electron chi connectivity index (χ2n) is 7.55. The molecule has 1 aliphatic heterocycles. The number of aliphatic imine (C=N–C) groups is 1. The largest absolute Gasteiger partial charge is 0.494 e. The number of carbonyl (C=O) groups excluding carboxylic acids is 1. The Kier molecular flexibility index (Phi) is 10.2. The first-order valence-corrected chi connectivity index (χ1v) is 10.8. The van der Waals surface area contributed by atoms with Gasteiger partial charge in [0, 0.05) is 31.7 Å². The molecule has 1 unspecified atom stereocenters. The summed E-state index contributed by atoms with van der Waals surface area (Å²) in [6.07, 6.45) is 2.04. The number of ether oxygens (including phenoxy) is 1. The quantitative estimate of drug-likeness (QED) is 0.219. The number of carbonyl (C=O) groups is 1. The molecule has 2 aromatic carbocycles. The number of nitrogens with zero attached hydrogens (tertiary/aromatic N) is 2. The van der Waals surface area contributed by atoms with Crippen LogP contribution >= 0.6 is 24.0 Å². The van der Waals surface area contributed by atoms with Crippen LogP contribution in [0.2, 0.25) is 0 Å². The number of hydrogen-bond donors (Lipinski definition) is 2. The molecule has 8 heteroatoms. The summed E-state index contributed by atoms with van der Waals surface area (Å²) in [5.41, 5.74) is 3.06. The molecule has 0 aliphatic carbocycles. The van der Waals surface area contributed by atoms with Crippen LogP contribution in [0.4, 0.5) is 10.1 Å². The van der Waals surface area contributed by atoms with E-state index in [1.54, 1.807) is 6.07 Å². The summed E-state index contributed by atoms with van der Waals surface area (Å²) < 4.78 is 19.0. The van der Waals surface area contributed by atoms with Gasteiger partial charge in [-0.2, -0.15) is 0 Å². The van der Waals surface area contributed by atoms with Gasteiger partial charge < -0.3 is 20.3 Å². The molecule has 6 nitrogen and oxygen atoms in total. The number of benzene rings is 2. The Morgan fingerprint density at radius 2 is 2.06 bits per heavy atom. The minimum absolute atomic E-state index is 0. The van der Waals surface area contributed by atoms with Crippen molar-refractivity contribution in [3.05, 3.63) is 59.4 Å². The summed E-state index contributed by atoms with van der Waals surface area (Å²) in [6.45, 7) is 5.92. The highest BCUT2D eigenvalue weighted by Gasteiger charge is 2.23. The molecule has 1 amide bonds. The van der Waals surface area contributed by atoms with Gasteiger partial charge in [0.25, 0.3) is 0 Å². The average Bonchev–Trinajstić information content (AvgIpc) is 3.21. The summed E-state index contributed by atoms with van der Waals surface area (Å²) in [7, 11) is 1.45. The lowest BCUT2D eigenvalue weighted by Crippen LogP contribution is -2.38. The first kappa shape index (κ1) is 25.9. The fraction of sp³-hybridized carbons (Fsp3) is 0.417. The number of methoxy groups -OCH3 is 1. The monoisotopic (exact) mass is 554 g/mol. The number of halogens is 2. The molecule has 174 valence electrons. The molecule has 32 heavy (non-hydrogen) atoms. The summed E-state index contributed by atoms with van der Waals surface area (Å²) in [6, 6.07) is 12.8. The van der Waals surface area contributed by atoms with Crippen LogP contribution in [-0.4, -0.2) is 38.6 Å². The minimum atomic E-state index is -0.391. The molecule has 0 fully saturated rings. The van der Waals surface area contributed by atoms with Crippen molar-refractivity contribution in [2.24, 2.45) is 4.99 Å². The Labute approximate surface area is 206 Å². The van der Waals surface area contributed by atoms with E-state index in [1.807, 2.05) is 43.0 Å². The Balaban J connectivity index is 0.00000363. The Morgan fingerprint density at radius 3 is 2.78 bits per heavy atom. The lowest BCUT2D eigenvalue weighted by Gasteiger charge is -2.19. The molecule has 0 radical (unpaired) electrons.